The van der Waals surface area contributed by atoms with Gasteiger partial charge in [-0.25, -0.2) is 0 Å². The largest absolute Gasteiger partial charge is 0.323 e. The summed E-state index contributed by atoms with van der Waals surface area (Å²) >= 11 is 1.91. The molecule has 0 saturated heterocycles. The van der Waals surface area contributed by atoms with Gasteiger partial charge < -0.3 is 5.73 Å². The van der Waals surface area contributed by atoms with Crippen LogP contribution in [0.3, 0.4) is 0 Å². The number of hydrogen-bond donors (Lipinski definition) is 1. The van der Waals surface area contributed by atoms with Crippen LogP contribution in [0.2, 0.25) is 0 Å². The summed E-state index contributed by atoms with van der Waals surface area (Å²) in [5.41, 5.74) is 7.69. The highest BCUT2D eigenvalue weighted by Crippen LogP contribution is 2.34. The Morgan fingerprint density at radius 2 is 2.40 bits per heavy atom. The predicted molar refractivity (Wildman–Crippen MR) is 66.0 cm³/mol. The van der Waals surface area contributed by atoms with Crippen molar-refractivity contribution in [2.24, 2.45) is 5.73 Å². The standard InChI is InChI=1S/C13H17NS/c1-2-3-4-7-11(14)13-9-10-6-5-8-12(10)15-13/h9,11H,4-8,14H2,1H3. The fourth-order valence-corrected chi connectivity index (χ4v) is 3.32. The molecule has 0 fully saturated rings. The topological polar surface area (TPSA) is 26.0 Å². The molecule has 1 aliphatic carbocycles. The molecule has 0 bridgehead atoms. The van der Waals surface area contributed by atoms with E-state index >= 15 is 0 Å². The van der Waals surface area contributed by atoms with Crippen molar-refractivity contribution in [1.29, 1.82) is 0 Å². The Bertz CT molecular complexity index is 373. The average Bonchev–Trinajstić information content (AvgIpc) is 2.76. The second-order valence-corrected chi connectivity index (χ2v) is 5.19. The number of thiophene rings is 1. The highest BCUT2D eigenvalue weighted by atomic mass is 32.1. The van der Waals surface area contributed by atoms with Crippen molar-refractivity contribution in [2.75, 3.05) is 0 Å². The Morgan fingerprint density at radius 3 is 3.13 bits per heavy atom. The van der Waals surface area contributed by atoms with E-state index < -0.39 is 0 Å². The van der Waals surface area contributed by atoms with Crippen LogP contribution in [0, 0.1) is 11.8 Å². The van der Waals surface area contributed by atoms with E-state index in [1.807, 2.05) is 18.3 Å². The lowest BCUT2D eigenvalue weighted by Gasteiger charge is -2.06. The monoisotopic (exact) mass is 219 g/mol. The normalized spacial score (nSPS) is 15.6. The molecule has 0 amide bonds. The van der Waals surface area contributed by atoms with Crippen molar-refractivity contribution < 1.29 is 0 Å². The highest BCUT2D eigenvalue weighted by Gasteiger charge is 2.17. The summed E-state index contributed by atoms with van der Waals surface area (Å²) < 4.78 is 0. The molecule has 2 heteroatoms. The minimum absolute atomic E-state index is 0.196. The summed E-state index contributed by atoms with van der Waals surface area (Å²) in [4.78, 5) is 2.93. The summed E-state index contributed by atoms with van der Waals surface area (Å²) in [6.45, 7) is 1.88. The maximum absolute atomic E-state index is 6.14. The van der Waals surface area contributed by atoms with Crippen molar-refractivity contribution >= 4 is 11.3 Å². The average molecular weight is 219 g/mol. The third kappa shape index (κ3) is 2.42. The second-order valence-electron chi connectivity index (χ2n) is 4.02. The Hall–Kier alpha value is -0.780. The quantitative estimate of drug-likeness (QED) is 0.777. The van der Waals surface area contributed by atoms with Crippen LogP contribution >= 0.6 is 11.3 Å². The van der Waals surface area contributed by atoms with Gasteiger partial charge in [0.25, 0.3) is 0 Å². The minimum atomic E-state index is 0.196. The smallest absolute Gasteiger partial charge is 0.0399 e. The minimum Gasteiger partial charge on any atom is -0.323 e. The summed E-state index contributed by atoms with van der Waals surface area (Å²) in [5, 5.41) is 0. The maximum Gasteiger partial charge on any atom is 0.0399 e. The van der Waals surface area contributed by atoms with Crippen LogP contribution in [-0.4, -0.2) is 0 Å². The van der Waals surface area contributed by atoms with Gasteiger partial charge in [-0.3, -0.25) is 0 Å². The Morgan fingerprint density at radius 1 is 1.53 bits per heavy atom. The Balaban J connectivity index is 1.98. The van der Waals surface area contributed by atoms with E-state index in [4.69, 9.17) is 5.73 Å². The van der Waals surface area contributed by atoms with Crippen LogP contribution in [0.15, 0.2) is 6.07 Å². The highest BCUT2D eigenvalue weighted by molar-refractivity contribution is 7.12. The molecule has 1 aromatic heterocycles. The first-order valence-electron chi connectivity index (χ1n) is 5.58. The predicted octanol–water partition coefficient (Wildman–Crippen LogP) is 3.04. The van der Waals surface area contributed by atoms with Crippen LogP contribution in [0.4, 0.5) is 0 Å². The lowest BCUT2D eigenvalue weighted by Crippen LogP contribution is -2.07. The van der Waals surface area contributed by atoms with E-state index in [9.17, 15) is 0 Å². The Kier molecular flexibility index (Phi) is 3.45. The Labute approximate surface area is 95.7 Å². The first-order valence-corrected chi connectivity index (χ1v) is 6.39. The molecule has 0 aliphatic heterocycles. The van der Waals surface area contributed by atoms with E-state index in [1.54, 1.807) is 10.4 Å². The molecule has 1 atom stereocenters. The molecule has 1 aliphatic rings. The van der Waals surface area contributed by atoms with Crippen molar-refractivity contribution in [2.45, 2.75) is 45.1 Å². The molecule has 2 rings (SSSR count). The third-order valence-corrected chi connectivity index (χ3v) is 4.26. The second kappa shape index (κ2) is 4.83. The van der Waals surface area contributed by atoms with E-state index in [1.165, 1.54) is 24.1 Å². The molecular formula is C13H17NS. The molecule has 0 saturated carbocycles. The van der Waals surface area contributed by atoms with Crippen LogP contribution in [-0.2, 0) is 12.8 Å². The molecule has 2 N–H and O–H groups in total. The van der Waals surface area contributed by atoms with Crippen LogP contribution in [0.25, 0.3) is 0 Å². The van der Waals surface area contributed by atoms with E-state index in [0.29, 0.717) is 0 Å². The molecule has 1 unspecified atom stereocenters. The van der Waals surface area contributed by atoms with Crippen LogP contribution in [0.1, 0.15) is 47.5 Å². The van der Waals surface area contributed by atoms with Gasteiger partial charge in [-0.2, -0.15) is 0 Å². The lowest BCUT2D eigenvalue weighted by molar-refractivity contribution is 0.678. The molecular weight excluding hydrogens is 202 g/mol. The van der Waals surface area contributed by atoms with Crippen LogP contribution in [0.5, 0.6) is 0 Å². The van der Waals surface area contributed by atoms with Gasteiger partial charge in [0, 0.05) is 22.2 Å². The van der Waals surface area contributed by atoms with E-state index in [0.717, 1.165) is 12.8 Å². The molecule has 1 heterocycles. The van der Waals surface area contributed by atoms with E-state index in [-0.39, 0.29) is 6.04 Å². The van der Waals surface area contributed by atoms with Crippen molar-refractivity contribution in [1.82, 2.24) is 0 Å². The third-order valence-electron chi connectivity index (χ3n) is 2.89. The van der Waals surface area contributed by atoms with Gasteiger partial charge in [0.05, 0.1) is 0 Å². The fraction of sp³-hybridized carbons (Fsp3) is 0.538. The van der Waals surface area contributed by atoms with Gasteiger partial charge in [0.1, 0.15) is 0 Å². The van der Waals surface area contributed by atoms with Gasteiger partial charge >= 0.3 is 0 Å². The van der Waals surface area contributed by atoms with Gasteiger partial charge in [0.2, 0.25) is 0 Å². The zero-order valence-electron chi connectivity index (χ0n) is 9.18. The first-order chi connectivity index (χ1) is 7.31. The number of fused-ring (bicyclic) bond motifs is 1. The first kappa shape index (κ1) is 10.7. The van der Waals surface area contributed by atoms with Gasteiger partial charge in [-0.1, -0.05) is 0 Å². The zero-order valence-corrected chi connectivity index (χ0v) is 9.99. The summed E-state index contributed by atoms with van der Waals surface area (Å²) in [6, 6.07) is 2.51. The SMILES string of the molecule is CC#CCCC(N)c1cc2c(s1)CCC2. The van der Waals surface area contributed by atoms with Gasteiger partial charge in [-0.05, 0) is 44.2 Å². The molecule has 0 aromatic carbocycles. The summed E-state index contributed by atoms with van der Waals surface area (Å²) in [7, 11) is 0. The molecule has 15 heavy (non-hydrogen) atoms. The van der Waals surface area contributed by atoms with Crippen molar-refractivity contribution in [3.05, 3.63) is 21.4 Å². The summed E-state index contributed by atoms with van der Waals surface area (Å²) in [5.74, 6) is 5.98. The molecule has 1 aromatic rings. The molecule has 1 nitrogen and oxygen atoms in total. The fourth-order valence-electron chi connectivity index (χ4n) is 2.03. The summed E-state index contributed by atoms with van der Waals surface area (Å²) in [6.07, 6.45) is 5.76. The zero-order chi connectivity index (χ0) is 10.7. The van der Waals surface area contributed by atoms with Gasteiger partial charge in [-0.15, -0.1) is 23.2 Å². The number of rotatable bonds is 3. The number of aryl methyl sites for hydroxylation is 2. The molecule has 0 radical (unpaired) electrons. The van der Waals surface area contributed by atoms with E-state index in [2.05, 4.69) is 17.9 Å². The van der Waals surface area contributed by atoms with Gasteiger partial charge in [0.15, 0.2) is 0 Å². The van der Waals surface area contributed by atoms with Crippen molar-refractivity contribution in [3.63, 3.8) is 0 Å². The lowest BCUT2D eigenvalue weighted by atomic mass is 10.1. The molecule has 80 valence electrons. The molecule has 0 spiro atoms. The maximum atomic E-state index is 6.14. The van der Waals surface area contributed by atoms with Crippen LogP contribution < -0.4 is 5.73 Å². The number of hydrogen-bond acceptors (Lipinski definition) is 2. The van der Waals surface area contributed by atoms with Crippen molar-refractivity contribution in [3.8, 4) is 11.8 Å². The number of nitrogens with two attached hydrogens (primary N) is 1.